The molecule has 0 spiro atoms. The van der Waals surface area contributed by atoms with Crippen LogP contribution in [0.15, 0.2) is 36.4 Å². The summed E-state index contributed by atoms with van der Waals surface area (Å²) in [5.41, 5.74) is 3.65. The van der Waals surface area contributed by atoms with Crippen LogP contribution in [0, 0.1) is 10.1 Å². The zero-order valence-corrected chi connectivity index (χ0v) is 21.7. The van der Waals surface area contributed by atoms with Crippen molar-refractivity contribution >= 4 is 17.7 Å². The fraction of sp³-hybridized carbons (Fsp3) is 0.370. The van der Waals surface area contributed by atoms with Gasteiger partial charge in [-0.1, -0.05) is 12.1 Å². The van der Waals surface area contributed by atoms with E-state index in [0.717, 1.165) is 11.1 Å². The zero-order chi connectivity index (χ0) is 27.6. The van der Waals surface area contributed by atoms with Gasteiger partial charge in [-0.25, -0.2) is 9.59 Å². The number of aryl methyl sites for hydroxylation is 2. The third-order valence-electron chi connectivity index (χ3n) is 6.16. The molecule has 11 nitrogen and oxygen atoms in total. The number of carboxylic acids is 1. The van der Waals surface area contributed by atoms with E-state index in [9.17, 15) is 24.8 Å². The van der Waals surface area contributed by atoms with Crippen LogP contribution < -0.4 is 10.1 Å². The summed E-state index contributed by atoms with van der Waals surface area (Å²) in [6.45, 7) is 5.91. The number of carbonyl (C=O) groups excluding carboxylic acids is 1. The number of non-ortho nitro benzene ring substituents is 1. The van der Waals surface area contributed by atoms with Gasteiger partial charge in [-0.05, 0) is 63.3 Å². The molecule has 0 bridgehead atoms. The molecule has 0 atom stereocenters. The Morgan fingerprint density at radius 3 is 2.61 bits per heavy atom. The Bertz CT molecular complexity index is 1410. The van der Waals surface area contributed by atoms with Gasteiger partial charge >= 0.3 is 12.1 Å². The van der Waals surface area contributed by atoms with Crippen molar-refractivity contribution in [2.75, 3.05) is 13.7 Å². The van der Waals surface area contributed by atoms with Gasteiger partial charge in [-0.15, -0.1) is 0 Å². The van der Waals surface area contributed by atoms with Gasteiger partial charge in [0.25, 0.3) is 5.69 Å². The molecule has 4 rings (SSSR count). The highest BCUT2D eigenvalue weighted by Crippen LogP contribution is 2.42. The molecule has 0 fully saturated rings. The van der Waals surface area contributed by atoms with Gasteiger partial charge in [0.1, 0.15) is 17.0 Å². The molecule has 0 saturated carbocycles. The topological polar surface area (TPSA) is 146 Å². The quantitative estimate of drug-likeness (QED) is 0.243. The van der Waals surface area contributed by atoms with Crippen molar-refractivity contribution in [3.8, 4) is 28.1 Å². The first-order chi connectivity index (χ1) is 18.0. The smallest absolute Gasteiger partial charge is 0.407 e. The molecule has 2 N–H and O–H groups in total. The predicted molar refractivity (Wildman–Crippen MR) is 140 cm³/mol. The number of fused-ring (bicyclic) bond motifs is 3. The summed E-state index contributed by atoms with van der Waals surface area (Å²) >= 11 is 0. The Kier molecular flexibility index (Phi) is 7.38. The van der Waals surface area contributed by atoms with Crippen LogP contribution in [0.4, 0.5) is 10.5 Å². The number of rotatable bonds is 8. The molecular formula is C27H30N4O7. The second-order valence-electron chi connectivity index (χ2n) is 10.0. The van der Waals surface area contributed by atoms with E-state index in [0.29, 0.717) is 53.9 Å². The van der Waals surface area contributed by atoms with Crippen molar-refractivity contribution in [1.82, 2.24) is 15.1 Å². The molecule has 3 aromatic rings. The molecule has 1 amide bonds. The van der Waals surface area contributed by atoms with Crippen LogP contribution in [-0.2, 0) is 24.1 Å². The van der Waals surface area contributed by atoms with Crippen molar-refractivity contribution in [2.24, 2.45) is 0 Å². The van der Waals surface area contributed by atoms with Gasteiger partial charge < -0.3 is 19.9 Å². The summed E-state index contributed by atoms with van der Waals surface area (Å²) in [7, 11) is 1.54. The van der Waals surface area contributed by atoms with E-state index in [1.165, 1.54) is 16.8 Å². The van der Waals surface area contributed by atoms with E-state index < -0.39 is 22.6 Å². The summed E-state index contributed by atoms with van der Waals surface area (Å²) in [5.74, 6) is -0.506. The number of aromatic nitrogens is 2. The van der Waals surface area contributed by atoms with Crippen molar-refractivity contribution in [1.29, 1.82) is 0 Å². The average molecular weight is 523 g/mol. The zero-order valence-electron chi connectivity index (χ0n) is 21.7. The number of nitro benzene ring substituents is 1. The van der Waals surface area contributed by atoms with Crippen LogP contribution in [0.25, 0.3) is 22.4 Å². The largest absolute Gasteiger partial charge is 0.496 e. The second-order valence-corrected chi connectivity index (χ2v) is 10.0. The molecule has 1 aliphatic carbocycles. The lowest BCUT2D eigenvalue weighted by Crippen LogP contribution is -2.33. The van der Waals surface area contributed by atoms with Crippen molar-refractivity contribution in [2.45, 2.75) is 52.2 Å². The number of nitrogens with zero attached hydrogens (tertiary/aromatic N) is 3. The van der Waals surface area contributed by atoms with Gasteiger partial charge in [0, 0.05) is 41.9 Å². The lowest BCUT2D eigenvalue weighted by atomic mass is 9.86. The maximum absolute atomic E-state index is 12.2. The molecular weight excluding hydrogens is 492 g/mol. The molecule has 1 aliphatic rings. The molecule has 2 aromatic carbocycles. The number of benzene rings is 2. The Balaban J connectivity index is 1.66. The molecule has 200 valence electrons. The fourth-order valence-electron chi connectivity index (χ4n) is 4.58. The van der Waals surface area contributed by atoms with E-state index in [2.05, 4.69) is 10.4 Å². The Morgan fingerprint density at radius 2 is 1.95 bits per heavy atom. The van der Waals surface area contributed by atoms with E-state index in [4.69, 9.17) is 9.47 Å². The normalized spacial score (nSPS) is 12.3. The van der Waals surface area contributed by atoms with E-state index >= 15 is 0 Å². The number of hydrogen-bond donors (Lipinski definition) is 2. The number of carbonyl (C=O) groups is 2. The van der Waals surface area contributed by atoms with Crippen LogP contribution in [0.3, 0.4) is 0 Å². The number of ether oxygens (including phenoxy) is 2. The van der Waals surface area contributed by atoms with Crippen molar-refractivity contribution in [3.63, 3.8) is 0 Å². The Labute approximate surface area is 219 Å². The first-order valence-corrected chi connectivity index (χ1v) is 12.2. The minimum Gasteiger partial charge on any atom is -0.496 e. The summed E-state index contributed by atoms with van der Waals surface area (Å²) < 4.78 is 12.3. The number of alkyl carbamates (subject to hydrolysis) is 1. The highest BCUT2D eigenvalue weighted by atomic mass is 16.6. The lowest BCUT2D eigenvalue weighted by Gasteiger charge is -2.19. The van der Waals surface area contributed by atoms with Crippen LogP contribution in [0.1, 0.15) is 48.8 Å². The Morgan fingerprint density at radius 1 is 1.18 bits per heavy atom. The number of aromatic carboxylic acids is 1. The minimum atomic E-state index is -1.07. The monoisotopic (exact) mass is 522 g/mol. The average Bonchev–Trinajstić information content (AvgIpc) is 3.24. The van der Waals surface area contributed by atoms with Crippen molar-refractivity contribution in [3.05, 3.63) is 63.3 Å². The highest BCUT2D eigenvalue weighted by Gasteiger charge is 2.29. The highest BCUT2D eigenvalue weighted by molar-refractivity contribution is 5.92. The SMILES string of the molecule is COc1cc2c(cc1-c1cccc([N+](=O)[O-])c1)-c1nn(CCCNC(=O)OC(C)(C)C)c(C(=O)O)c1CC2. The van der Waals surface area contributed by atoms with Gasteiger partial charge in [0.05, 0.1) is 17.7 Å². The number of nitro groups is 1. The molecule has 1 aromatic heterocycles. The van der Waals surface area contributed by atoms with Crippen LogP contribution >= 0.6 is 0 Å². The van der Waals surface area contributed by atoms with E-state index in [1.807, 2.05) is 12.1 Å². The minimum absolute atomic E-state index is 0.0413. The number of amides is 1. The number of carboxylic acid groups (broad SMARTS) is 1. The van der Waals surface area contributed by atoms with Gasteiger partial charge in [0.2, 0.25) is 0 Å². The predicted octanol–water partition coefficient (Wildman–Crippen LogP) is 4.85. The van der Waals surface area contributed by atoms with Crippen LogP contribution in [0.2, 0.25) is 0 Å². The maximum Gasteiger partial charge on any atom is 0.407 e. The molecule has 0 saturated heterocycles. The number of hydrogen-bond acceptors (Lipinski definition) is 7. The number of methoxy groups -OCH3 is 1. The number of nitrogens with one attached hydrogen (secondary N) is 1. The van der Waals surface area contributed by atoms with Gasteiger partial charge in [0.15, 0.2) is 0 Å². The van der Waals surface area contributed by atoms with Crippen LogP contribution in [0.5, 0.6) is 5.75 Å². The Hall–Kier alpha value is -4.41. The van der Waals surface area contributed by atoms with Gasteiger partial charge in [-0.3, -0.25) is 14.8 Å². The summed E-state index contributed by atoms with van der Waals surface area (Å²) in [4.78, 5) is 35.0. The van der Waals surface area contributed by atoms with Crippen LogP contribution in [-0.4, -0.2) is 51.1 Å². The second kappa shape index (κ2) is 10.5. The van der Waals surface area contributed by atoms with Gasteiger partial charge in [-0.2, -0.15) is 5.10 Å². The van der Waals surface area contributed by atoms with Crippen molar-refractivity contribution < 1.29 is 29.1 Å². The first kappa shape index (κ1) is 26.6. The molecule has 0 aliphatic heterocycles. The fourth-order valence-corrected chi connectivity index (χ4v) is 4.58. The molecule has 11 heteroatoms. The lowest BCUT2D eigenvalue weighted by molar-refractivity contribution is -0.384. The maximum atomic E-state index is 12.2. The third-order valence-corrected chi connectivity index (χ3v) is 6.16. The third kappa shape index (κ3) is 5.61. The summed E-state index contributed by atoms with van der Waals surface area (Å²) in [6, 6.07) is 10.0. The molecule has 38 heavy (non-hydrogen) atoms. The molecule has 0 unspecified atom stereocenters. The van der Waals surface area contributed by atoms with E-state index in [-0.39, 0.29) is 17.9 Å². The summed E-state index contributed by atoms with van der Waals surface area (Å²) in [6.07, 6.45) is 1.01. The summed E-state index contributed by atoms with van der Waals surface area (Å²) in [5, 5.41) is 28.7. The first-order valence-electron chi connectivity index (χ1n) is 12.2. The molecule has 0 radical (unpaired) electrons. The molecule has 1 heterocycles. The standard InChI is InChI=1S/C27H30N4O7/c1-27(2,3)38-26(34)28-11-6-12-30-24(25(32)33)19-10-9-17-14-22(37-4)20(15-21(17)23(19)29-30)16-7-5-8-18(13-16)31(35)36/h5,7-8,13-15H,6,9-12H2,1-4H3,(H,28,34)(H,32,33). The van der Waals surface area contributed by atoms with E-state index in [1.54, 1.807) is 40.0 Å².